The molecular formula is C15H17NO3. The van der Waals surface area contributed by atoms with Gasteiger partial charge in [0.05, 0.1) is 6.10 Å². The number of nitrogens with zero attached hydrogens (tertiary/aromatic N) is 1. The average molecular weight is 259 g/mol. The van der Waals surface area contributed by atoms with Crippen LogP contribution in [0.4, 0.5) is 0 Å². The normalized spacial score (nSPS) is 19.7. The monoisotopic (exact) mass is 259 g/mol. The lowest BCUT2D eigenvalue weighted by Crippen LogP contribution is -2.25. The number of ether oxygens (including phenoxy) is 1. The number of carbonyl (C=O) groups is 1. The molecule has 1 aromatic carbocycles. The minimum atomic E-state index is -0.882. The van der Waals surface area contributed by atoms with Crippen LogP contribution in [0.25, 0.3) is 10.9 Å². The van der Waals surface area contributed by atoms with Crippen LogP contribution in [0.2, 0.25) is 0 Å². The van der Waals surface area contributed by atoms with E-state index in [4.69, 9.17) is 4.74 Å². The summed E-state index contributed by atoms with van der Waals surface area (Å²) in [5, 5.41) is 10.3. The molecule has 1 aliphatic rings. The summed E-state index contributed by atoms with van der Waals surface area (Å²) < 4.78 is 7.59. The molecule has 4 heteroatoms. The summed E-state index contributed by atoms with van der Waals surface area (Å²) in [5.74, 6) is -0.882. The maximum absolute atomic E-state index is 11.4. The fourth-order valence-corrected chi connectivity index (χ4v) is 2.74. The molecule has 0 saturated carbocycles. The van der Waals surface area contributed by atoms with Crippen molar-refractivity contribution in [3.05, 3.63) is 36.0 Å². The number of aromatic carboxylic acids is 1. The SMILES string of the molecule is O=C(O)c1cc2ccccc2n1CC1CCCCO1. The van der Waals surface area contributed by atoms with E-state index in [2.05, 4.69) is 0 Å². The second kappa shape index (κ2) is 5.05. The van der Waals surface area contributed by atoms with Crippen molar-refractivity contribution in [3.8, 4) is 0 Å². The van der Waals surface area contributed by atoms with Crippen LogP contribution in [0.5, 0.6) is 0 Å². The summed E-state index contributed by atoms with van der Waals surface area (Å²) in [6.45, 7) is 1.40. The highest BCUT2D eigenvalue weighted by Crippen LogP contribution is 2.23. The third kappa shape index (κ3) is 2.36. The zero-order valence-corrected chi connectivity index (χ0v) is 10.7. The van der Waals surface area contributed by atoms with Gasteiger partial charge < -0.3 is 14.4 Å². The molecule has 1 aromatic heterocycles. The first-order valence-corrected chi connectivity index (χ1v) is 6.69. The summed E-state index contributed by atoms with van der Waals surface area (Å²) in [6.07, 6.45) is 3.40. The Morgan fingerprint density at radius 1 is 1.37 bits per heavy atom. The molecule has 1 N–H and O–H groups in total. The van der Waals surface area contributed by atoms with Crippen LogP contribution in [0, 0.1) is 0 Å². The lowest BCUT2D eigenvalue weighted by Gasteiger charge is -2.24. The van der Waals surface area contributed by atoms with Gasteiger partial charge in [0.1, 0.15) is 5.69 Å². The Morgan fingerprint density at radius 3 is 2.95 bits per heavy atom. The van der Waals surface area contributed by atoms with Gasteiger partial charge in [-0.05, 0) is 31.4 Å². The second-order valence-corrected chi connectivity index (χ2v) is 4.99. The van der Waals surface area contributed by atoms with Crippen LogP contribution in [-0.2, 0) is 11.3 Å². The number of fused-ring (bicyclic) bond motifs is 1. The molecule has 1 saturated heterocycles. The summed E-state index contributed by atoms with van der Waals surface area (Å²) in [5.41, 5.74) is 1.31. The molecule has 1 fully saturated rings. The van der Waals surface area contributed by atoms with Gasteiger partial charge in [0.2, 0.25) is 0 Å². The van der Waals surface area contributed by atoms with E-state index in [-0.39, 0.29) is 6.10 Å². The number of carboxylic acid groups (broad SMARTS) is 1. The van der Waals surface area contributed by atoms with E-state index in [0.717, 1.165) is 36.8 Å². The summed E-state index contributed by atoms with van der Waals surface area (Å²) in [6, 6.07) is 9.51. The number of hydrogen-bond acceptors (Lipinski definition) is 2. The van der Waals surface area contributed by atoms with Gasteiger partial charge in [0.25, 0.3) is 0 Å². The topological polar surface area (TPSA) is 51.5 Å². The van der Waals surface area contributed by atoms with Gasteiger partial charge in [0.15, 0.2) is 0 Å². The van der Waals surface area contributed by atoms with E-state index in [1.807, 2.05) is 28.8 Å². The predicted molar refractivity (Wildman–Crippen MR) is 72.5 cm³/mol. The van der Waals surface area contributed by atoms with Crippen molar-refractivity contribution in [2.75, 3.05) is 6.61 Å². The van der Waals surface area contributed by atoms with Gasteiger partial charge in [0, 0.05) is 24.1 Å². The van der Waals surface area contributed by atoms with E-state index in [1.54, 1.807) is 6.07 Å². The van der Waals surface area contributed by atoms with Crippen molar-refractivity contribution in [3.63, 3.8) is 0 Å². The summed E-state index contributed by atoms with van der Waals surface area (Å²) in [7, 11) is 0. The standard InChI is InChI=1S/C15H17NO3/c17-15(18)14-9-11-5-1-2-7-13(11)16(14)10-12-6-3-4-8-19-12/h1-2,5,7,9,12H,3-4,6,8,10H2,(H,17,18). The van der Waals surface area contributed by atoms with Gasteiger partial charge >= 0.3 is 5.97 Å². The molecule has 0 amide bonds. The Hall–Kier alpha value is -1.81. The van der Waals surface area contributed by atoms with Crippen molar-refractivity contribution in [1.29, 1.82) is 0 Å². The van der Waals surface area contributed by atoms with Crippen molar-refractivity contribution in [2.45, 2.75) is 31.9 Å². The molecule has 1 atom stereocenters. The second-order valence-electron chi connectivity index (χ2n) is 4.99. The fraction of sp³-hybridized carbons (Fsp3) is 0.400. The third-order valence-corrected chi connectivity index (χ3v) is 3.69. The van der Waals surface area contributed by atoms with Gasteiger partial charge in [-0.2, -0.15) is 0 Å². The van der Waals surface area contributed by atoms with E-state index >= 15 is 0 Å². The van der Waals surface area contributed by atoms with Crippen molar-refractivity contribution in [2.24, 2.45) is 0 Å². The Labute approximate surface area is 111 Å². The maximum atomic E-state index is 11.4. The Morgan fingerprint density at radius 2 is 2.21 bits per heavy atom. The van der Waals surface area contributed by atoms with Crippen LogP contribution in [0.15, 0.2) is 30.3 Å². The van der Waals surface area contributed by atoms with Gasteiger partial charge in [-0.1, -0.05) is 18.2 Å². The molecular weight excluding hydrogens is 242 g/mol. The molecule has 1 aliphatic heterocycles. The summed E-state index contributed by atoms with van der Waals surface area (Å²) >= 11 is 0. The molecule has 19 heavy (non-hydrogen) atoms. The minimum Gasteiger partial charge on any atom is -0.477 e. The van der Waals surface area contributed by atoms with Crippen LogP contribution >= 0.6 is 0 Å². The number of aromatic nitrogens is 1. The Kier molecular flexibility index (Phi) is 3.25. The smallest absolute Gasteiger partial charge is 0.352 e. The first-order chi connectivity index (χ1) is 9.25. The first kappa shape index (κ1) is 12.2. The van der Waals surface area contributed by atoms with Gasteiger partial charge in [-0.3, -0.25) is 0 Å². The molecule has 0 radical (unpaired) electrons. The minimum absolute atomic E-state index is 0.127. The predicted octanol–water partition coefficient (Wildman–Crippen LogP) is 2.91. The Bertz CT molecular complexity index is 596. The van der Waals surface area contributed by atoms with Crippen LogP contribution < -0.4 is 0 Å². The zero-order valence-electron chi connectivity index (χ0n) is 10.7. The molecule has 4 nitrogen and oxygen atoms in total. The van der Waals surface area contributed by atoms with Gasteiger partial charge in [-0.25, -0.2) is 4.79 Å². The van der Waals surface area contributed by atoms with Crippen LogP contribution in [0.1, 0.15) is 29.8 Å². The van der Waals surface area contributed by atoms with Crippen molar-refractivity contribution < 1.29 is 14.6 Å². The molecule has 0 aliphatic carbocycles. The maximum Gasteiger partial charge on any atom is 0.352 e. The van der Waals surface area contributed by atoms with Gasteiger partial charge in [-0.15, -0.1) is 0 Å². The van der Waals surface area contributed by atoms with E-state index in [1.165, 1.54) is 0 Å². The van der Waals surface area contributed by atoms with Crippen LogP contribution in [0.3, 0.4) is 0 Å². The molecule has 2 aromatic rings. The summed E-state index contributed by atoms with van der Waals surface area (Å²) in [4.78, 5) is 11.4. The number of para-hydroxylation sites is 1. The molecule has 100 valence electrons. The first-order valence-electron chi connectivity index (χ1n) is 6.69. The molecule has 0 spiro atoms. The molecule has 1 unspecified atom stereocenters. The van der Waals surface area contributed by atoms with E-state index in [0.29, 0.717) is 12.2 Å². The highest BCUT2D eigenvalue weighted by Gasteiger charge is 2.20. The number of rotatable bonds is 3. The largest absolute Gasteiger partial charge is 0.477 e. The third-order valence-electron chi connectivity index (χ3n) is 3.69. The van der Waals surface area contributed by atoms with E-state index < -0.39 is 5.97 Å². The molecule has 3 rings (SSSR count). The quantitative estimate of drug-likeness (QED) is 0.922. The Balaban J connectivity index is 1.99. The lowest BCUT2D eigenvalue weighted by molar-refractivity contribution is 0.00612. The lowest BCUT2D eigenvalue weighted by atomic mass is 10.1. The number of carboxylic acids is 1. The fourth-order valence-electron chi connectivity index (χ4n) is 2.74. The highest BCUT2D eigenvalue weighted by atomic mass is 16.5. The molecule has 2 heterocycles. The molecule has 0 bridgehead atoms. The zero-order chi connectivity index (χ0) is 13.2. The highest BCUT2D eigenvalue weighted by molar-refractivity contribution is 5.94. The van der Waals surface area contributed by atoms with Crippen molar-refractivity contribution >= 4 is 16.9 Å². The van der Waals surface area contributed by atoms with E-state index in [9.17, 15) is 9.90 Å². The number of hydrogen-bond donors (Lipinski definition) is 1. The number of benzene rings is 1. The average Bonchev–Trinajstić information content (AvgIpc) is 2.79. The van der Waals surface area contributed by atoms with Crippen LogP contribution in [-0.4, -0.2) is 28.4 Å². The van der Waals surface area contributed by atoms with Crippen molar-refractivity contribution in [1.82, 2.24) is 4.57 Å².